The number of rotatable bonds is 2. The van der Waals surface area contributed by atoms with Gasteiger partial charge in [-0.15, -0.1) is 0 Å². The molecule has 0 saturated heterocycles. The molecule has 13 heavy (non-hydrogen) atoms. The highest BCUT2D eigenvalue weighted by molar-refractivity contribution is 5.25. The highest BCUT2D eigenvalue weighted by Gasteiger charge is 2.27. The third kappa shape index (κ3) is 1.56. The second-order valence-corrected chi connectivity index (χ2v) is 3.71. The maximum atomic E-state index is 5.61. The van der Waals surface area contributed by atoms with Gasteiger partial charge in [0.15, 0.2) is 0 Å². The zero-order chi connectivity index (χ0) is 9.42. The predicted molar refractivity (Wildman–Crippen MR) is 51.4 cm³/mol. The number of aromatic nitrogens is 2. The molecule has 0 amide bonds. The molecule has 0 spiro atoms. The van der Waals surface area contributed by atoms with Gasteiger partial charge in [-0.2, -0.15) is 0 Å². The van der Waals surface area contributed by atoms with E-state index in [0.717, 1.165) is 22.8 Å². The van der Waals surface area contributed by atoms with Gasteiger partial charge < -0.3 is 5.73 Å². The molecular formula is C10H15N3. The van der Waals surface area contributed by atoms with Crippen LogP contribution < -0.4 is 5.73 Å². The van der Waals surface area contributed by atoms with Gasteiger partial charge in [-0.25, -0.2) is 9.97 Å². The first-order chi connectivity index (χ1) is 6.22. The summed E-state index contributed by atoms with van der Waals surface area (Å²) in [5.74, 6) is 1.65. The van der Waals surface area contributed by atoms with E-state index in [1.54, 1.807) is 0 Å². The molecule has 0 aromatic carbocycles. The van der Waals surface area contributed by atoms with Crippen molar-refractivity contribution in [3.8, 4) is 0 Å². The minimum atomic E-state index is 0.544. The summed E-state index contributed by atoms with van der Waals surface area (Å²) in [6.45, 7) is 4.58. The van der Waals surface area contributed by atoms with Crippen molar-refractivity contribution in [1.29, 1.82) is 0 Å². The minimum absolute atomic E-state index is 0.544. The maximum Gasteiger partial charge on any atom is 0.131 e. The largest absolute Gasteiger partial charge is 0.326 e. The van der Waals surface area contributed by atoms with E-state index in [2.05, 4.69) is 9.97 Å². The van der Waals surface area contributed by atoms with E-state index in [1.165, 1.54) is 12.8 Å². The van der Waals surface area contributed by atoms with E-state index in [-0.39, 0.29) is 0 Å². The van der Waals surface area contributed by atoms with Gasteiger partial charge in [-0.05, 0) is 26.7 Å². The van der Waals surface area contributed by atoms with Crippen LogP contribution in [0, 0.1) is 13.8 Å². The highest BCUT2D eigenvalue weighted by Crippen LogP contribution is 2.38. The molecule has 3 heteroatoms. The predicted octanol–water partition coefficient (Wildman–Crippen LogP) is 1.43. The minimum Gasteiger partial charge on any atom is -0.326 e. The van der Waals surface area contributed by atoms with E-state index in [1.807, 2.05) is 13.8 Å². The molecule has 1 aromatic rings. The van der Waals surface area contributed by atoms with Crippen LogP contribution in [0.4, 0.5) is 0 Å². The van der Waals surface area contributed by atoms with Gasteiger partial charge in [0.2, 0.25) is 0 Å². The molecule has 1 saturated carbocycles. The molecule has 0 unspecified atom stereocenters. The van der Waals surface area contributed by atoms with Crippen LogP contribution in [0.5, 0.6) is 0 Å². The van der Waals surface area contributed by atoms with Gasteiger partial charge in [0.1, 0.15) is 5.82 Å². The zero-order valence-corrected chi connectivity index (χ0v) is 8.17. The molecule has 0 bridgehead atoms. The number of aryl methyl sites for hydroxylation is 2. The molecule has 2 N–H and O–H groups in total. The molecular weight excluding hydrogens is 162 g/mol. The van der Waals surface area contributed by atoms with Crippen LogP contribution >= 0.6 is 0 Å². The van der Waals surface area contributed by atoms with Crippen LogP contribution in [-0.2, 0) is 6.54 Å². The summed E-state index contributed by atoms with van der Waals surface area (Å²) < 4.78 is 0. The molecule has 1 aliphatic carbocycles. The van der Waals surface area contributed by atoms with E-state index in [9.17, 15) is 0 Å². The standard InChI is InChI=1S/C10H15N3/c1-6-9(5-11)7(2)13-10(12-6)8-3-4-8/h8H,3-5,11H2,1-2H3. The van der Waals surface area contributed by atoms with Crippen LogP contribution in [0.25, 0.3) is 0 Å². The van der Waals surface area contributed by atoms with E-state index in [4.69, 9.17) is 5.73 Å². The Hall–Kier alpha value is -0.960. The second-order valence-electron chi connectivity index (χ2n) is 3.71. The summed E-state index contributed by atoms with van der Waals surface area (Å²) in [6, 6.07) is 0. The quantitative estimate of drug-likeness (QED) is 0.743. The Morgan fingerprint density at radius 2 is 1.77 bits per heavy atom. The smallest absolute Gasteiger partial charge is 0.131 e. The molecule has 1 aromatic heterocycles. The fraction of sp³-hybridized carbons (Fsp3) is 0.600. The number of hydrogen-bond acceptors (Lipinski definition) is 3. The first kappa shape index (κ1) is 8.63. The lowest BCUT2D eigenvalue weighted by atomic mass is 10.1. The van der Waals surface area contributed by atoms with Crippen molar-refractivity contribution < 1.29 is 0 Å². The van der Waals surface area contributed by atoms with Crippen LogP contribution in [0.2, 0.25) is 0 Å². The van der Waals surface area contributed by atoms with Gasteiger partial charge in [0.05, 0.1) is 0 Å². The Kier molecular flexibility index (Phi) is 2.04. The van der Waals surface area contributed by atoms with Crippen LogP contribution in [-0.4, -0.2) is 9.97 Å². The van der Waals surface area contributed by atoms with Gasteiger partial charge in [0, 0.05) is 29.4 Å². The number of nitrogens with zero attached hydrogens (tertiary/aromatic N) is 2. The van der Waals surface area contributed by atoms with E-state index < -0.39 is 0 Å². The normalized spacial score (nSPS) is 16.2. The third-order valence-electron chi connectivity index (χ3n) is 2.58. The third-order valence-corrected chi connectivity index (χ3v) is 2.58. The molecule has 0 atom stereocenters. The topological polar surface area (TPSA) is 51.8 Å². The molecule has 1 fully saturated rings. The molecule has 70 valence electrons. The molecule has 3 nitrogen and oxygen atoms in total. The van der Waals surface area contributed by atoms with Crippen molar-refractivity contribution >= 4 is 0 Å². The van der Waals surface area contributed by atoms with E-state index >= 15 is 0 Å². The summed E-state index contributed by atoms with van der Waals surface area (Å²) in [5, 5.41) is 0. The van der Waals surface area contributed by atoms with Crippen molar-refractivity contribution in [3.05, 3.63) is 22.8 Å². The van der Waals surface area contributed by atoms with Crippen LogP contribution in [0.15, 0.2) is 0 Å². The molecule has 0 aliphatic heterocycles. The van der Waals surface area contributed by atoms with Gasteiger partial charge in [-0.3, -0.25) is 0 Å². The molecule has 2 rings (SSSR count). The van der Waals surface area contributed by atoms with E-state index in [0.29, 0.717) is 12.5 Å². The van der Waals surface area contributed by atoms with Crippen molar-refractivity contribution in [1.82, 2.24) is 9.97 Å². The van der Waals surface area contributed by atoms with Crippen molar-refractivity contribution in [2.24, 2.45) is 5.73 Å². The Morgan fingerprint density at radius 1 is 1.23 bits per heavy atom. The van der Waals surface area contributed by atoms with Crippen molar-refractivity contribution in [2.75, 3.05) is 0 Å². The first-order valence-electron chi connectivity index (χ1n) is 4.76. The molecule has 0 radical (unpaired) electrons. The lowest BCUT2D eigenvalue weighted by Crippen LogP contribution is -2.08. The Balaban J connectivity index is 2.42. The number of hydrogen-bond donors (Lipinski definition) is 1. The Bertz CT molecular complexity index is 306. The van der Waals surface area contributed by atoms with Crippen molar-refractivity contribution in [3.63, 3.8) is 0 Å². The average Bonchev–Trinajstić information content (AvgIpc) is 2.85. The van der Waals surface area contributed by atoms with Crippen LogP contribution in [0.3, 0.4) is 0 Å². The highest BCUT2D eigenvalue weighted by atomic mass is 14.9. The Labute approximate surface area is 78.4 Å². The Morgan fingerprint density at radius 3 is 2.15 bits per heavy atom. The number of nitrogens with two attached hydrogens (primary N) is 1. The fourth-order valence-corrected chi connectivity index (χ4v) is 1.58. The summed E-state index contributed by atoms with van der Waals surface area (Å²) in [5.41, 5.74) is 8.82. The van der Waals surface area contributed by atoms with Crippen molar-refractivity contribution in [2.45, 2.75) is 39.2 Å². The SMILES string of the molecule is Cc1nc(C2CC2)nc(C)c1CN. The maximum absolute atomic E-state index is 5.61. The second kappa shape index (κ2) is 3.07. The molecule has 1 heterocycles. The summed E-state index contributed by atoms with van der Waals surface area (Å²) in [7, 11) is 0. The zero-order valence-electron chi connectivity index (χ0n) is 8.17. The monoisotopic (exact) mass is 177 g/mol. The average molecular weight is 177 g/mol. The lowest BCUT2D eigenvalue weighted by Gasteiger charge is -2.07. The van der Waals surface area contributed by atoms with Crippen LogP contribution in [0.1, 0.15) is 41.5 Å². The molecule has 1 aliphatic rings. The van der Waals surface area contributed by atoms with Gasteiger partial charge in [0.25, 0.3) is 0 Å². The first-order valence-corrected chi connectivity index (χ1v) is 4.76. The lowest BCUT2D eigenvalue weighted by molar-refractivity contribution is 0.846. The summed E-state index contributed by atoms with van der Waals surface area (Å²) in [6.07, 6.45) is 2.50. The summed E-state index contributed by atoms with van der Waals surface area (Å²) in [4.78, 5) is 8.95. The van der Waals surface area contributed by atoms with Gasteiger partial charge >= 0.3 is 0 Å². The van der Waals surface area contributed by atoms with Gasteiger partial charge in [-0.1, -0.05) is 0 Å². The fourth-order valence-electron chi connectivity index (χ4n) is 1.58. The summed E-state index contributed by atoms with van der Waals surface area (Å²) >= 11 is 0.